The zero-order valence-electron chi connectivity index (χ0n) is 10.8. The zero-order valence-corrected chi connectivity index (χ0v) is 10.8. The van der Waals surface area contributed by atoms with Gasteiger partial charge in [0.25, 0.3) is 0 Å². The van der Waals surface area contributed by atoms with Crippen LogP contribution >= 0.6 is 0 Å². The Morgan fingerprint density at radius 1 is 1.06 bits per heavy atom. The van der Waals surface area contributed by atoms with Gasteiger partial charge in [0, 0.05) is 0 Å². The van der Waals surface area contributed by atoms with Crippen molar-refractivity contribution in [2.24, 2.45) is 0 Å². The molecule has 0 bridgehead atoms. The molecule has 0 spiro atoms. The Hall–Kier alpha value is -2.29. The Labute approximate surface area is 108 Å². The quantitative estimate of drug-likeness (QED) is 0.395. The van der Waals surface area contributed by atoms with Gasteiger partial charge in [-0.25, -0.2) is 4.79 Å². The van der Waals surface area contributed by atoms with Crippen molar-refractivity contribution in [1.29, 1.82) is 0 Å². The number of carbonyl (C=O) groups is 1. The molecule has 0 rings (SSSR count). The average molecular weight is 246 g/mol. The van der Waals surface area contributed by atoms with Crippen LogP contribution in [0.1, 0.15) is 13.8 Å². The summed E-state index contributed by atoms with van der Waals surface area (Å²) in [5.41, 5.74) is 0. The van der Waals surface area contributed by atoms with Gasteiger partial charge in [0.05, 0.1) is 0 Å². The summed E-state index contributed by atoms with van der Waals surface area (Å²) >= 11 is 0. The lowest BCUT2D eigenvalue weighted by Crippen LogP contribution is -2.05. The second kappa shape index (κ2) is 9.90. The summed E-state index contributed by atoms with van der Waals surface area (Å²) in [6.45, 7) is 10.7. The van der Waals surface area contributed by atoms with E-state index in [2.05, 4.69) is 13.2 Å². The summed E-state index contributed by atoms with van der Waals surface area (Å²) in [5.74, 6) is 0.589. The van der Waals surface area contributed by atoms with Gasteiger partial charge in [-0.15, -0.1) is 0 Å². The maximum Gasteiger partial charge on any atom is 0.519 e. The topological polar surface area (TPSA) is 35.5 Å². The van der Waals surface area contributed by atoms with Crippen LogP contribution in [0.2, 0.25) is 0 Å². The smallest absolute Gasteiger partial charge is 0.395 e. The molecule has 0 aromatic carbocycles. The summed E-state index contributed by atoms with van der Waals surface area (Å²) in [4.78, 5) is 11.4. The lowest BCUT2D eigenvalue weighted by atomic mass is 10.4. The molecule has 18 heavy (non-hydrogen) atoms. The van der Waals surface area contributed by atoms with Crippen molar-refractivity contribution in [3.63, 3.8) is 0 Å². The first-order valence-electron chi connectivity index (χ1n) is 5.47. The van der Waals surface area contributed by atoms with Crippen molar-refractivity contribution in [1.82, 2.24) is 0 Å². The van der Waals surface area contributed by atoms with Crippen molar-refractivity contribution in [2.75, 3.05) is 0 Å². The van der Waals surface area contributed by atoms with Gasteiger partial charge in [-0.2, -0.15) is 0 Å². The Kier molecular flexibility index (Phi) is 8.64. The Morgan fingerprint density at radius 3 is 2.33 bits per heavy atom. The van der Waals surface area contributed by atoms with Crippen molar-refractivity contribution in [3.8, 4) is 0 Å². The summed E-state index contributed by atoms with van der Waals surface area (Å²) < 4.78 is 9.76. The number of rotatable bonds is 6. The summed E-state index contributed by atoms with van der Waals surface area (Å²) in [5, 5.41) is 0. The van der Waals surface area contributed by atoms with Crippen LogP contribution < -0.4 is 0 Å². The molecule has 0 fully saturated rings. The SMILES string of the molecule is C=C/C=C\C(=C/C)OC(=O)OC(=C)/C=C\C=C/C. The van der Waals surface area contributed by atoms with Gasteiger partial charge >= 0.3 is 6.16 Å². The van der Waals surface area contributed by atoms with E-state index in [1.54, 1.807) is 49.5 Å². The van der Waals surface area contributed by atoms with E-state index < -0.39 is 6.16 Å². The van der Waals surface area contributed by atoms with Crippen LogP contribution in [0.3, 0.4) is 0 Å². The van der Waals surface area contributed by atoms with E-state index in [0.29, 0.717) is 5.76 Å². The van der Waals surface area contributed by atoms with E-state index >= 15 is 0 Å². The van der Waals surface area contributed by atoms with Gasteiger partial charge in [0.1, 0.15) is 11.5 Å². The second-order valence-electron chi connectivity index (χ2n) is 3.09. The molecule has 0 heterocycles. The lowest BCUT2D eigenvalue weighted by molar-refractivity contribution is 0.108. The third-order valence-corrected chi connectivity index (χ3v) is 1.68. The molecule has 0 aliphatic carbocycles. The third kappa shape index (κ3) is 7.93. The molecule has 0 amide bonds. The first kappa shape index (κ1) is 15.7. The molecule has 0 N–H and O–H groups in total. The molecule has 0 radical (unpaired) electrons. The predicted octanol–water partition coefficient (Wildman–Crippen LogP) is 4.43. The monoisotopic (exact) mass is 246 g/mol. The standard InChI is InChI=1S/C15H18O3/c1-5-8-10-11-13(4)17-15(16)18-14(7-3)12-9-6-2/h5-12H,2,4H2,1,3H3/b8-5-,11-10-,12-9-,14-7+. The van der Waals surface area contributed by atoms with Crippen LogP contribution in [0.5, 0.6) is 0 Å². The highest BCUT2D eigenvalue weighted by molar-refractivity contribution is 5.63. The Morgan fingerprint density at radius 2 is 1.78 bits per heavy atom. The van der Waals surface area contributed by atoms with Crippen molar-refractivity contribution in [2.45, 2.75) is 13.8 Å². The molecule has 0 aliphatic heterocycles. The molecule has 0 saturated heterocycles. The second-order valence-corrected chi connectivity index (χ2v) is 3.09. The molecule has 0 saturated carbocycles. The van der Waals surface area contributed by atoms with Crippen molar-refractivity contribution >= 4 is 6.16 Å². The molecular formula is C15H18O3. The van der Waals surface area contributed by atoms with Gasteiger partial charge in [0.15, 0.2) is 0 Å². The first-order valence-corrected chi connectivity index (χ1v) is 5.47. The molecule has 0 aliphatic rings. The first-order chi connectivity index (χ1) is 8.63. The fourth-order valence-corrected chi connectivity index (χ4v) is 0.884. The minimum Gasteiger partial charge on any atom is -0.395 e. The number of carbonyl (C=O) groups excluding carboxylic acids is 1. The third-order valence-electron chi connectivity index (χ3n) is 1.68. The highest BCUT2D eigenvalue weighted by Crippen LogP contribution is 2.05. The van der Waals surface area contributed by atoms with E-state index in [0.717, 1.165) is 0 Å². The van der Waals surface area contributed by atoms with Crippen LogP contribution in [0.4, 0.5) is 4.79 Å². The Bertz CT molecular complexity index is 409. The molecule has 0 aromatic heterocycles. The highest BCUT2D eigenvalue weighted by atomic mass is 16.7. The maximum absolute atomic E-state index is 11.4. The number of hydrogen-bond acceptors (Lipinski definition) is 3. The Balaban J connectivity index is 4.29. The minimum atomic E-state index is -0.827. The maximum atomic E-state index is 11.4. The predicted molar refractivity (Wildman–Crippen MR) is 73.8 cm³/mol. The van der Waals surface area contributed by atoms with E-state index in [4.69, 9.17) is 9.47 Å². The van der Waals surface area contributed by atoms with E-state index in [-0.39, 0.29) is 5.76 Å². The molecule has 3 heteroatoms. The van der Waals surface area contributed by atoms with Gasteiger partial charge < -0.3 is 9.47 Å². The minimum absolute atomic E-state index is 0.209. The molecule has 0 aromatic rings. The zero-order chi connectivity index (χ0) is 13.8. The van der Waals surface area contributed by atoms with Gasteiger partial charge in [0.2, 0.25) is 0 Å². The fourth-order valence-electron chi connectivity index (χ4n) is 0.884. The highest BCUT2D eigenvalue weighted by Gasteiger charge is 2.06. The summed E-state index contributed by atoms with van der Waals surface area (Å²) in [7, 11) is 0. The van der Waals surface area contributed by atoms with E-state index in [1.807, 2.05) is 13.0 Å². The summed E-state index contributed by atoms with van der Waals surface area (Å²) in [6.07, 6.45) is 12.6. The number of hydrogen-bond donors (Lipinski definition) is 0. The largest absolute Gasteiger partial charge is 0.519 e. The van der Waals surface area contributed by atoms with Crippen LogP contribution in [-0.2, 0) is 9.47 Å². The molecule has 3 nitrogen and oxygen atoms in total. The molecular weight excluding hydrogens is 228 g/mol. The van der Waals surface area contributed by atoms with Gasteiger partial charge in [-0.05, 0) is 32.1 Å². The lowest BCUT2D eigenvalue weighted by Gasteiger charge is -2.05. The van der Waals surface area contributed by atoms with Gasteiger partial charge in [-0.3, -0.25) is 0 Å². The molecule has 0 unspecified atom stereocenters. The van der Waals surface area contributed by atoms with Gasteiger partial charge in [-0.1, -0.05) is 43.5 Å². The van der Waals surface area contributed by atoms with Crippen molar-refractivity contribution in [3.05, 3.63) is 73.3 Å². The van der Waals surface area contributed by atoms with E-state index in [1.165, 1.54) is 0 Å². The molecule has 96 valence electrons. The van der Waals surface area contributed by atoms with E-state index in [9.17, 15) is 4.79 Å². The number of ether oxygens (including phenoxy) is 2. The fraction of sp³-hybridized carbons (Fsp3) is 0.133. The van der Waals surface area contributed by atoms with Crippen LogP contribution in [-0.4, -0.2) is 6.16 Å². The summed E-state index contributed by atoms with van der Waals surface area (Å²) in [6, 6.07) is 0. The number of allylic oxidation sites excluding steroid dienone is 8. The van der Waals surface area contributed by atoms with Crippen LogP contribution in [0.25, 0.3) is 0 Å². The molecule has 0 atom stereocenters. The van der Waals surface area contributed by atoms with Crippen LogP contribution in [0.15, 0.2) is 73.3 Å². The van der Waals surface area contributed by atoms with Crippen LogP contribution in [0, 0.1) is 0 Å². The normalized spacial score (nSPS) is 12.2. The average Bonchev–Trinajstić information content (AvgIpc) is 2.34. The van der Waals surface area contributed by atoms with Crippen molar-refractivity contribution < 1.29 is 14.3 Å².